The Balaban J connectivity index is 1.26. The summed E-state index contributed by atoms with van der Waals surface area (Å²) in [6, 6.07) is 16.0. The van der Waals surface area contributed by atoms with Gasteiger partial charge in [0.2, 0.25) is 5.91 Å². The van der Waals surface area contributed by atoms with Crippen molar-refractivity contribution in [2.45, 2.75) is 43.9 Å². The third-order valence-corrected chi connectivity index (χ3v) is 6.24. The molecule has 0 radical (unpaired) electrons. The molecule has 6 nitrogen and oxygen atoms in total. The Morgan fingerprint density at radius 3 is 2.61 bits per heavy atom. The molecule has 164 valence electrons. The first-order valence-corrected chi connectivity index (χ1v) is 11.2. The Kier molecular flexibility index (Phi) is 6.87. The van der Waals surface area contributed by atoms with E-state index in [9.17, 15) is 4.79 Å². The highest BCUT2D eigenvalue weighted by Gasteiger charge is 2.41. The minimum Gasteiger partial charge on any atom is -0.497 e. The van der Waals surface area contributed by atoms with E-state index in [1.165, 1.54) is 0 Å². The van der Waals surface area contributed by atoms with Crippen LogP contribution in [0.1, 0.15) is 43.5 Å². The van der Waals surface area contributed by atoms with Gasteiger partial charge in [0.05, 0.1) is 23.6 Å². The zero-order valence-electron chi connectivity index (χ0n) is 18.2. The molecule has 1 fully saturated rings. The van der Waals surface area contributed by atoms with Gasteiger partial charge in [0.25, 0.3) is 0 Å². The van der Waals surface area contributed by atoms with Crippen LogP contribution >= 0.6 is 0 Å². The highest BCUT2D eigenvalue weighted by atomic mass is 16.5. The fraction of sp³-hybridized carbons (Fsp3) is 0.440. The molecule has 4 rings (SSSR count). The van der Waals surface area contributed by atoms with Gasteiger partial charge in [-0.05, 0) is 55.5 Å². The van der Waals surface area contributed by atoms with Gasteiger partial charge in [-0.2, -0.15) is 0 Å². The van der Waals surface area contributed by atoms with E-state index in [0.29, 0.717) is 32.6 Å². The Labute approximate surface area is 183 Å². The third-order valence-electron chi connectivity index (χ3n) is 6.24. The van der Waals surface area contributed by atoms with Crippen LogP contribution in [-0.2, 0) is 21.4 Å². The predicted octanol–water partition coefficient (Wildman–Crippen LogP) is 4.15. The Morgan fingerprint density at radius 2 is 1.87 bits per heavy atom. The molecule has 2 N–H and O–H groups in total. The van der Waals surface area contributed by atoms with Gasteiger partial charge in [0, 0.05) is 26.2 Å². The number of amides is 1. The smallest absolute Gasteiger partial charge is 0.230 e. The quantitative estimate of drug-likeness (QED) is 0.509. The fourth-order valence-corrected chi connectivity index (χ4v) is 4.37. The number of hydrogen-bond donors (Lipinski definition) is 2. The van der Waals surface area contributed by atoms with Crippen LogP contribution < -0.4 is 10.1 Å². The van der Waals surface area contributed by atoms with Crippen molar-refractivity contribution in [3.63, 3.8) is 0 Å². The van der Waals surface area contributed by atoms with Crippen molar-refractivity contribution in [2.24, 2.45) is 0 Å². The second-order valence-corrected chi connectivity index (χ2v) is 8.19. The largest absolute Gasteiger partial charge is 0.497 e. The number of rotatable bonds is 9. The van der Waals surface area contributed by atoms with Gasteiger partial charge in [-0.3, -0.25) is 4.79 Å². The first kappa shape index (κ1) is 21.4. The molecule has 3 aromatic rings. The van der Waals surface area contributed by atoms with Gasteiger partial charge < -0.3 is 19.8 Å². The summed E-state index contributed by atoms with van der Waals surface area (Å²) in [6.07, 6.45) is 5.40. The van der Waals surface area contributed by atoms with E-state index in [4.69, 9.17) is 9.47 Å². The maximum atomic E-state index is 13.2. The van der Waals surface area contributed by atoms with Gasteiger partial charge in [-0.15, -0.1) is 0 Å². The molecule has 0 spiro atoms. The SMILES string of the molecule is COc1ccc(C2(C(=O)NCCCCCc3nc4ccccc4[nH]3)CCOCC2)cc1. The summed E-state index contributed by atoms with van der Waals surface area (Å²) in [5.41, 5.74) is 2.63. The number of ether oxygens (including phenoxy) is 2. The lowest BCUT2D eigenvalue weighted by Crippen LogP contribution is -2.48. The van der Waals surface area contributed by atoms with Crippen LogP contribution in [0.3, 0.4) is 0 Å². The van der Waals surface area contributed by atoms with Gasteiger partial charge in [0.15, 0.2) is 0 Å². The molecule has 6 heteroatoms. The number of unbranched alkanes of at least 4 members (excludes halogenated alkanes) is 2. The minimum atomic E-state index is -0.515. The first-order valence-electron chi connectivity index (χ1n) is 11.2. The highest BCUT2D eigenvalue weighted by molar-refractivity contribution is 5.88. The number of imidazole rings is 1. The summed E-state index contributed by atoms with van der Waals surface area (Å²) in [6.45, 7) is 1.91. The van der Waals surface area contributed by atoms with E-state index < -0.39 is 5.41 Å². The molecule has 2 heterocycles. The van der Waals surface area contributed by atoms with Crippen LogP contribution in [0.25, 0.3) is 11.0 Å². The Hall–Kier alpha value is -2.86. The van der Waals surface area contributed by atoms with E-state index in [2.05, 4.69) is 21.4 Å². The van der Waals surface area contributed by atoms with E-state index in [0.717, 1.165) is 53.9 Å². The van der Waals surface area contributed by atoms with Gasteiger partial charge in [-0.25, -0.2) is 4.98 Å². The molecule has 0 unspecified atom stereocenters. The van der Waals surface area contributed by atoms with Crippen molar-refractivity contribution in [1.29, 1.82) is 0 Å². The molecule has 0 bridgehead atoms. The monoisotopic (exact) mass is 421 g/mol. The van der Waals surface area contributed by atoms with Crippen LogP contribution in [0.5, 0.6) is 5.75 Å². The van der Waals surface area contributed by atoms with Crippen molar-refractivity contribution in [2.75, 3.05) is 26.9 Å². The zero-order valence-corrected chi connectivity index (χ0v) is 18.2. The lowest BCUT2D eigenvalue weighted by molar-refractivity contribution is -0.130. The summed E-state index contributed by atoms with van der Waals surface area (Å²) < 4.78 is 10.8. The van der Waals surface area contributed by atoms with Crippen molar-refractivity contribution >= 4 is 16.9 Å². The van der Waals surface area contributed by atoms with E-state index >= 15 is 0 Å². The molecule has 1 aliphatic heterocycles. The molecule has 2 aromatic carbocycles. The van der Waals surface area contributed by atoms with Crippen LogP contribution in [0.15, 0.2) is 48.5 Å². The third kappa shape index (κ3) is 4.90. The number of carbonyl (C=O) groups excluding carboxylic acids is 1. The first-order chi connectivity index (χ1) is 15.2. The molecule has 0 aliphatic carbocycles. The number of aromatic nitrogens is 2. The molecular weight excluding hydrogens is 390 g/mol. The maximum Gasteiger partial charge on any atom is 0.230 e. The molecule has 0 saturated carbocycles. The summed E-state index contributed by atoms with van der Waals surface area (Å²) in [5.74, 6) is 1.94. The van der Waals surface area contributed by atoms with Crippen molar-refractivity contribution in [3.05, 3.63) is 59.9 Å². The average Bonchev–Trinajstić information content (AvgIpc) is 3.24. The van der Waals surface area contributed by atoms with Crippen LogP contribution in [0.2, 0.25) is 0 Å². The molecule has 1 aromatic heterocycles. The number of nitrogens with one attached hydrogen (secondary N) is 2. The standard InChI is InChI=1S/C25H31N3O3/c1-30-20-12-10-19(11-13-20)25(14-17-31-18-15-25)24(29)26-16-6-2-3-9-23-27-21-7-4-5-8-22(21)28-23/h4-5,7-8,10-13H,2-3,6,9,14-18H2,1H3,(H,26,29)(H,27,28). The van der Waals surface area contributed by atoms with E-state index in [-0.39, 0.29) is 5.91 Å². The topological polar surface area (TPSA) is 76.2 Å². The Morgan fingerprint density at radius 1 is 1.10 bits per heavy atom. The normalized spacial score (nSPS) is 15.6. The number of methoxy groups -OCH3 is 1. The van der Waals surface area contributed by atoms with Gasteiger partial charge in [0.1, 0.15) is 11.6 Å². The summed E-state index contributed by atoms with van der Waals surface area (Å²) in [4.78, 5) is 21.2. The van der Waals surface area contributed by atoms with Gasteiger partial charge >= 0.3 is 0 Å². The molecule has 0 atom stereocenters. The van der Waals surface area contributed by atoms with Crippen LogP contribution in [0.4, 0.5) is 0 Å². The minimum absolute atomic E-state index is 0.109. The van der Waals surface area contributed by atoms with Crippen molar-refractivity contribution in [3.8, 4) is 5.75 Å². The van der Waals surface area contributed by atoms with Crippen LogP contribution in [0, 0.1) is 0 Å². The second-order valence-electron chi connectivity index (χ2n) is 8.19. The predicted molar refractivity (Wildman–Crippen MR) is 121 cm³/mol. The second kappa shape index (κ2) is 9.96. The number of H-pyrrole nitrogens is 1. The summed E-state index contributed by atoms with van der Waals surface area (Å²) >= 11 is 0. The number of carbonyl (C=O) groups is 1. The summed E-state index contributed by atoms with van der Waals surface area (Å²) in [5, 5.41) is 3.19. The number of hydrogen-bond acceptors (Lipinski definition) is 4. The number of fused-ring (bicyclic) bond motifs is 1. The number of nitrogens with zero attached hydrogens (tertiary/aromatic N) is 1. The molecular formula is C25H31N3O3. The number of aryl methyl sites for hydroxylation is 1. The number of benzene rings is 2. The van der Waals surface area contributed by atoms with E-state index in [1.807, 2.05) is 42.5 Å². The maximum absolute atomic E-state index is 13.2. The summed E-state index contributed by atoms with van der Waals surface area (Å²) in [7, 11) is 1.65. The van der Waals surface area contributed by atoms with Crippen molar-refractivity contribution in [1.82, 2.24) is 15.3 Å². The van der Waals surface area contributed by atoms with Crippen molar-refractivity contribution < 1.29 is 14.3 Å². The molecule has 1 saturated heterocycles. The number of aromatic amines is 1. The number of para-hydroxylation sites is 2. The lowest BCUT2D eigenvalue weighted by Gasteiger charge is -2.36. The average molecular weight is 422 g/mol. The Bertz CT molecular complexity index is 958. The van der Waals surface area contributed by atoms with E-state index in [1.54, 1.807) is 7.11 Å². The fourth-order valence-electron chi connectivity index (χ4n) is 4.37. The van der Waals surface area contributed by atoms with Crippen LogP contribution in [-0.4, -0.2) is 42.7 Å². The molecule has 1 aliphatic rings. The zero-order chi connectivity index (χ0) is 21.5. The highest BCUT2D eigenvalue weighted by Crippen LogP contribution is 2.36. The lowest BCUT2D eigenvalue weighted by atomic mass is 9.73. The molecule has 31 heavy (non-hydrogen) atoms. The molecule has 1 amide bonds. The van der Waals surface area contributed by atoms with Gasteiger partial charge in [-0.1, -0.05) is 30.7 Å².